The largest absolute Gasteiger partial charge is 0.465 e. The number of aromatic nitrogens is 2. The van der Waals surface area contributed by atoms with Gasteiger partial charge in [-0.1, -0.05) is 6.07 Å². The van der Waals surface area contributed by atoms with Gasteiger partial charge in [-0.25, -0.2) is 9.59 Å². The van der Waals surface area contributed by atoms with Crippen LogP contribution in [0, 0.1) is 0 Å². The lowest BCUT2D eigenvalue weighted by molar-refractivity contribution is -0.142. The van der Waals surface area contributed by atoms with Gasteiger partial charge < -0.3 is 14.8 Å². The molecule has 8 nitrogen and oxygen atoms in total. The summed E-state index contributed by atoms with van der Waals surface area (Å²) in [6.07, 6.45) is 7.04. The first-order valence-electron chi connectivity index (χ1n) is 7.17. The molecule has 2 aromatic rings. The van der Waals surface area contributed by atoms with E-state index >= 15 is 0 Å². The number of amides is 1. The van der Waals surface area contributed by atoms with Gasteiger partial charge in [0.1, 0.15) is 0 Å². The number of esters is 2. The smallest absolute Gasteiger partial charge is 0.337 e. The fourth-order valence-corrected chi connectivity index (χ4v) is 1.77. The van der Waals surface area contributed by atoms with Crippen molar-refractivity contribution in [2.24, 2.45) is 0 Å². The summed E-state index contributed by atoms with van der Waals surface area (Å²) in [5.74, 6) is -1.75. The molecule has 0 aliphatic carbocycles. The average Bonchev–Trinajstić information content (AvgIpc) is 2.65. The molecule has 1 aromatic carbocycles. The monoisotopic (exact) mass is 341 g/mol. The maximum Gasteiger partial charge on any atom is 0.337 e. The van der Waals surface area contributed by atoms with Gasteiger partial charge in [0.2, 0.25) is 0 Å². The first-order valence-corrected chi connectivity index (χ1v) is 7.17. The van der Waals surface area contributed by atoms with Crippen LogP contribution in [0.2, 0.25) is 0 Å². The van der Waals surface area contributed by atoms with Crippen molar-refractivity contribution in [3.63, 3.8) is 0 Å². The molecule has 25 heavy (non-hydrogen) atoms. The van der Waals surface area contributed by atoms with Crippen LogP contribution in [0.5, 0.6) is 0 Å². The van der Waals surface area contributed by atoms with Crippen LogP contribution in [0.25, 0.3) is 6.08 Å². The molecule has 0 unspecified atom stereocenters. The highest BCUT2D eigenvalue weighted by atomic mass is 16.5. The van der Waals surface area contributed by atoms with Crippen LogP contribution in [-0.4, -0.2) is 41.5 Å². The maximum atomic E-state index is 11.8. The average molecular weight is 341 g/mol. The number of nitrogens with one attached hydrogen (secondary N) is 1. The van der Waals surface area contributed by atoms with Crippen molar-refractivity contribution < 1.29 is 23.9 Å². The van der Waals surface area contributed by atoms with Crippen molar-refractivity contribution in [3.8, 4) is 0 Å². The Morgan fingerprint density at radius 2 is 2.08 bits per heavy atom. The highest BCUT2D eigenvalue weighted by Crippen LogP contribution is 2.11. The quantitative estimate of drug-likeness (QED) is 0.626. The standard InChI is InChI=1S/C17H15N3O5/c1-24-17(23)12-3-2-4-13(9-12)20-15(21)11-25-16(22)6-5-14-10-18-7-8-19-14/h2-10H,11H2,1H3,(H,20,21)/b6-5-. The molecule has 1 N–H and O–H groups in total. The van der Waals surface area contributed by atoms with Crippen LogP contribution in [0.4, 0.5) is 5.69 Å². The van der Waals surface area contributed by atoms with Crippen molar-refractivity contribution in [1.29, 1.82) is 0 Å². The van der Waals surface area contributed by atoms with E-state index < -0.39 is 24.5 Å². The highest BCUT2D eigenvalue weighted by Gasteiger charge is 2.09. The minimum absolute atomic E-state index is 0.296. The van der Waals surface area contributed by atoms with E-state index in [1.54, 1.807) is 18.2 Å². The predicted molar refractivity (Wildman–Crippen MR) is 88.4 cm³/mol. The van der Waals surface area contributed by atoms with Crippen molar-refractivity contribution in [2.45, 2.75) is 0 Å². The number of nitrogens with zero attached hydrogens (tertiary/aromatic N) is 2. The summed E-state index contributed by atoms with van der Waals surface area (Å²) in [5.41, 5.74) is 1.17. The van der Waals surface area contributed by atoms with E-state index in [0.29, 0.717) is 16.9 Å². The summed E-state index contributed by atoms with van der Waals surface area (Å²) in [7, 11) is 1.27. The third-order valence-electron chi connectivity index (χ3n) is 2.89. The molecule has 0 saturated heterocycles. The van der Waals surface area contributed by atoms with Gasteiger partial charge >= 0.3 is 11.9 Å². The van der Waals surface area contributed by atoms with Crippen LogP contribution in [0.3, 0.4) is 0 Å². The van der Waals surface area contributed by atoms with Gasteiger partial charge in [-0.2, -0.15) is 0 Å². The molecule has 0 spiro atoms. The molecule has 0 saturated carbocycles. The number of carbonyl (C=O) groups is 3. The summed E-state index contributed by atoms with van der Waals surface area (Å²) in [6.45, 7) is -0.466. The number of hydrogen-bond acceptors (Lipinski definition) is 7. The number of ether oxygens (including phenoxy) is 2. The fraction of sp³-hybridized carbons (Fsp3) is 0.118. The highest BCUT2D eigenvalue weighted by molar-refractivity contribution is 5.96. The Balaban J connectivity index is 1.83. The lowest BCUT2D eigenvalue weighted by Gasteiger charge is -2.06. The van der Waals surface area contributed by atoms with Gasteiger partial charge in [-0.15, -0.1) is 0 Å². The third kappa shape index (κ3) is 5.87. The number of rotatable bonds is 6. The maximum absolute atomic E-state index is 11.8. The number of benzene rings is 1. The van der Waals surface area contributed by atoms with Crippen LogP contribution in [-0.2, 0) is 19.1 Å². The number of methoxy groups -OCH3 is 1. The minimum atomic E-state index is -0.691. The Kier molecular flexibility index (Phi) is 6.35. The Hall–Kier alpha value is -3.55. The molecule has 8 heteroatoms. The van der Waals surface area contributed by atoms with E-state index in [0.717, 1.165) is 6.08 Å². The Bertz CT molecular complexity index is 790. The second-order valence-electron chi connectivity index (χ2n) is 4.69. The zero-order chi connectivity index (χ0) is 18.1. The van der Waals surface area contributed by atoms with Crippen LogP contribution in [0.15, 0.2) is 48.9 Å². The molecule has 0 bridgehead atoms. The van der Waals surface area contributed by atoms with Gasteiger partial charge in [-0.05, 0) is 24.3 Å². The molecule has 0 aliphatic rings. The molecule has 0 aliphatic heterocycles. The molecule has 128 valence electrons. The molecule has 1 heterocycles. The molecule has 0 atom stereocenters. The van der Waals surface area contributed by atoms with E-state index in [4.69, 9.17) is 4.74 Å². The topological polar surface area (TPSA) is 107 Å². The fourth-order valence-electron chi connectivity index (χ4n) is 1.77. The molecule has 1 amide bonds. The van der Waals surface area contributed by atoms with E-state index in [1.807, 2.05) is 0 Å². The van der Waals surface area contributed by atoms with Crippen LogP contribution < -0.4 is 5.32 Å². The van der Waals surface area contributed by atoms with E-state index in [2.05, 4.69) is 20.0 Å². The van der Waals surface area contributed by atoms with Gasteiger partial charge in [-0.3, -0.25) is 14.8 Å². The van der Waals surface area contributed by atoms with Gasteiger partial charge in [0.25, 0.3) is 5.91 Å². The third-order valence-corrected chi connectivity index (χ3v) is 2.89. The molecule has 0 fully saturated rings. The summed E-state index contributed by atoms with van der Waals surface area (Å²) < 4.78 is 9.42. The molecular weight excluding hydrogens is 326 g/mol. The zero-order valence-electron chi connectivity index (χ0n) is 13.3. The number of hydrogen-bond donors (Lipinski definition) is 1. The van der Waals surface area contributed by atoms with Crippen molar-refractivity contribution in [1.82, 2.24) is 9.97 Å². The summed E-state index contributed by atoms with van der Waals surface area (Å²) in [4.78, 5) is 42.6. The Labute approximate surface area is 143 Å². The van der Waals surface area contributed by atoms with E-state index in [9.17, 15) is 14.4 Å². The van der Waals surface area contributed by atoms with Gasteiger partial charge in [0.15, 0.2) is 6.61 Å². The predicted octanol–water partition coefficient (Wildman–Crippen LogP) is 1.46. The van der Waals surface area contributed by atoms with E-state index in [1.165, 1.54) is 37.8 Å². The SMILES string of the molecule is COC(=O)c1cccc(NC(=O)COC(=O)/C=C\c2cnccn2)c1. The van der Waals surface area contributed by atoms with Crippen molar-refractivity contribution in [2.75, 3.05) is 19.0 Å². The van der Waals surface area contributed by atoms with Crippen LogP contribution in [0.1, 0.15) is 16.1 Å². The minimum Gasteiger partial charge on any atom is -0.465 e. The zero-order valence-corrected chi connectivity index (χ0v) is 13.3. The molecule has 1 aromatic heterocycles. The Morgan fingerprint density at radius 3 is 2.80 bits per heavy atom. The number of carbonyl (C=O) groups excluding carboxylic acids is 3. The van der Waals surface area contributed by atoms with Crippen molar-refractivity contribution >= 4 is 29.6 Å². The second kappa shape index (κ2) is 8.92. The second-order valence-corrected chi connectivity index (χ2v) is 4.69. The number of anilines is 1. The molecular formula is C17H15N3O5. The first kappa shape index (κ1) is 17.8. The van der Waals surface area contributed by atoms with Gasteiger partial charge in [0, 0.05) is 24.2 Å². The van der Waals surface area contributed by atoms with Crippen molar-refractivity contribution in [3.05, 3.63) is 60.2 Å². The summed E-state index contributed by atoms with van der Waals surface area (Å²) in [5, 5.41) is 2.52. The molecule has 2 rings (SSSR count). The molecule has 0 radical (unpaired) electrons. The normalized spacial score (nSPS) is 10.3. The lowest BCUT2D eigenvalue weighted by atomic mass is 10.2. The van der Waals surface area contributed by atoms with Gasteiger partial charge in [0.05, 0.1) is 24.6 Å². The first-order chi connectivity index (χ1) is 12.1. The van der Waals surface area contributed by atoms with E-state index in [-0.39, 0.29) is 0 Å². The summed E-state index contributed by atoms with van der Waals surface area (Å²) in [6, 6.07) is 6.20. The Morgan fingerprint density at radius 1 is 1.24 bits per heavy atom. The summed E-state index contributed by atoms with van der Waals surface area (Å²) >= 11 is 0. The van der Waals surface area contributed by atoms with Crippen LogP contribution >= 0.6 is 0 Å². The lowest BCUT2D eigenvalue weighted by Crippen LogP contribution is -2.20.